The molecule has 1 unspecified atom stereocenters. The van der Waals surface area contributed by atoms with Crippen molar-refractivity contribution in [3.05, 3.63) is 12.2 Å². The molecule has 1 N–H and O–H groups in total. The third kappa shape index (κ3) is 2.54. The van der Waals surface area contributed by atoms with Crippen LogP contribution in [-0.4, -0.2) is 52.6 Å². The molecule has 88 valence electrons. The van der Waals surface area contributed by atoms with Crippen molar-refractivity contribution in [3.8, 4) is 0 Å². The first-order valence-electron chi connectivity index (χ1n) is 4.31. The topological polar surface area (TPSA) is 104 Å². The quantitative estimate of drug-likeness (QED) is 0.668. The van der Waals surface area contributed by atoms with E-state index in [0.29, 0.717) is 0 Å². The summed E-state index contributed by atoms with van der Waals surface area (Å²) in [6.45, 7) is -0.0701. The average Bonchev–Trinajstić information content (AvgIpc) is 2.73. The van der Waals surface area contributed by atoms with Gasteiger partial charge in [-0.3, -0.25) is 0 Å². The zero-order valence-electron chi connectivity index (χ0n) is 8.78. The van der Waals surface area contributed by atoms with Gasteiger partial charge >= 0.3 is 11.9 Å². The molecule has 0 saturated carbocycles. The van der Waals surface area contributed by atoms with Gasteiger partial charge in [0.05, 0.1) is 13.7 Å². The van der Waals surface area contributed by atoms with Crippen molar-refractivity contribution in [2.75, 3.05) is 20.8 Å². The number of aliphatic carboxylic acids is 1. The highest BCUT2D eigenvalue weighted by Crippen LogP contribution is 2.06. The van der Waals surface area contributed by atoms with Crippen molar-refractivity contribution >= 4 is 11.9 Å². The van der Waals surface area contributed by atoms with Gasteiger partial charge in [-0.05, 0) is 0 Å². The van der Waals surface area contributed by atoms with Crippen LogP contribution in [0.5, 0.6) is 0 Å². The average molecular weight is 229 g/mol. The Morgan fingerprint density at radius 2 is 2.25 bits per heavy atom. The summed E-state index contributed by atoms with van der Waals surface area (Å²) in [5.41, 5.74) is 0. The first kappa shape index (κ1) is 12.1. The van der Waals surface area contributed by atoms with E-state index in [1.54, 1.807) is 0 Å². The minimum absolute atomic E-state index is 0.0701. The molecule has 0 spiro atoms. The lowest BCUT2D eigenvalue weighted by Gasteiger charge is -2.10. The van der Waals surface area contributed by atoms with E-state index < -0.39 is 18.0 Å². The summed E-state index contributed by atoms with van der Waals surface area (Å²) in [6, 6.07) is -1.02. The molecule has 8 heteroatoms. The van der Waals surface area contributed by atoms with E-state index in [0.717, 1.165) is 11.0 Å². The molecule has 0 bridgehead atoms. The van der Waals surface area contributed by atoms with Gasteiger partial charge in [-0.25, -0.2) is 19.3 Å². The number of aromatic nitrogens is 3. The summed E-state index contributed by atoms with van der Waals surface area (Å²) in [5.74, 6) is -2.03. The fourth-order valence-corrected chi connectivity index (χ4v) is 1.03. The predicted molar refractivity (Wildman–Crippen MR) is 49.9 cm³/mol. The maximum absolute atomic E-state index is 11.0. The zero-order valence-corrected chi connectivity index (χ0v) is 8.78. The van der Waals surface area contributed by atoms with Gasteiger partial charge in [-0.2, -0.15) is 0 Å². The number of hydrogen-bond donors (Lipinski definition) is 1. The fraction of sp³-hybridized carbons (Fsp3) is 0.500. The molecule has 0 radical (unpaired) electrons. The minimum atomic E-state index is -1.12. The Morgan fingerprint density at radius 1 is 1.56 bits per heavy atom. The summed E-state index contributed by atoms with van der Waals surface area (Å²) in [5, 5.41) is 12.6. The van der Waals surface area contributed by atoms with E-state index in [-0.39, 0.29) is 12.4 Å². The van der Waals surface area contributed by atoms with Crippen LogP contribution in [0.1, 0.15) is 16.7 Å². The molecule has 0 amide bonds. The van der Waals surface area contributed by atoms with Gasteiger partial charge in [-0.15, -0.1) is 5.10 Å². The minimum Gasteiger partial charge on any atom is -0.480 e. The van der Waals surface area contributed by atoms with E-state index in [2.05, 4.69) is 14.8 Å². The molecular weight excluding hydrogens is 218 g/mol. The van der Waals surface area contributed by atoms with E-state index in [4.69, 9.17) is 9.84 Å². The molecular formula is C8H11N3O5. The summed E-state index contributed by atoms with van der Waals surface area (Å²) >= 11 is 0. The Morgan fingerprint density at radius 3 is 2.75 bits per heavy atom. The Bertz CT molecular complexity index is 389. The monoisotopic (exact) mass is 229 g/mol. The van der Waals surface area contributed by atoms with E-state index in [9.17, 15) is 9.59 Å². The number of ether oxygens (including phenoxy) is 2. The van der Waals surface area contributed by atoms with Gasteiger partial charge in [0, 0.05) is 7.11 Å². The smallest absolute Gasteiger partial charge is 0.377 e. The van der Waals surface area contributed by atoms with E-state index in [1.807, 2.05) is 0 Å². The normalized spacial score (nSPS) is 12.1. The fourth-order valence-electron chi connectivity index (χ4n) is 1.03. The van der Waals surface area contributed by atoms with Crippen molar-refractivity contribution in [2.45, 2.75) is 6.04 Å². The second-order valence-electron chi connectivity index (χ2n) is 2.85. The SMILES string of the molecule is COCC(C(=O)O)n1cnc(C(=O)OC)n1. The zero-order chi connectivity index (χ0) is 12.1. The van der Waals surface area contributed by atoms with Gasteiger partial charge in [0.1, 0.15) is 6.33 Å². The number of carboxylic acids is 1. The van der Waals surface area contributed by atoms with Crippen molar-refractivity contribution in [1.82, 2.24) is 14.8 Å². The number of rotatable bonds is 5. The van der Waals surface area contributed by atoms with Gasteiger partial charge in [0.2, 0.25) is 0 Å². The highest BCUT2D eigenvalue weighted by Gasteiger charge is 2.22. The Kier molecular flexibility index (Phi) is 3.95. The highest BCUT2D eigenvalue weighted by molar-refractivity contribution is 5.84. The molecule has 0 aromatic carbocycles. The Hall–Kier alpha value is -1.96. The van der Waals surface area contributed by atoms with Crippen LogP contribution in [0.4, 0.5) is 0 Å². The lowest BCUT2D eigenvalue weighted by molar-refractivity contribution is -0.142. The summed E-state index contributed by atoms with van der Waals surface area (Å²) < 4.78 is 10.2. The number of carbonyl (C=O) groups is 2. The number of esters is 1. The van der Waals surface area contributed by atoms with Crippen molar-refractivity contribution in [3.63, 3.8) is 0 Å². The molecule has 1 rings (SSSR count). The van der Waals surface area contributed by atoms with Crippen molar-refractivity contribution in [1.29, 1.82) is 0 Å². The lowest BCUT2D eigenvalue weighted by Crippen LogP contribution is -2.24. The molecule has 0 aliphatic heterocycles. The van der Waals surface area contributed by atoms with Gasteiger partial charge < -0.3 is 14.6 Å². The summed E-state index contributed by atoms with van der Waals surface area (Å²) in [7, 11) is 2.56. The maximum Gasteiger partial charge on any atom is 0.377 e. The van der Waals surface area contributed by atoms with Crippen LogP contribution in [0, 0.1) is 0 Å². The third-order valence-electron chi connectivity index (χ3n) is 1.81. The molecule has 0 fully saturated rings. The Labute approximate surface area is 90.8 Å². The molecule has 16 heavy (non-hydrogen) atoms. The molecule has 1 aromatic rings. The largest absolute Gasteiger partial charge is 0.480 e. The molecule has 8 nitrogen and oxygen atoms in total. The molecule has 0 aliphatic rings. The van der Waals surface area contributed by atoms with Crippen LogP contribution < -0.4 is 0 Å². The third-order valence-corrected chi connectivity index (χ3v) is 1.81. The van der Waals surface area contributed by atoms with Gasteiger partial charge in [-0.1, -0.05) is 0 Å². The van der Waals surface area contributed by atoms with Crippen LogP contribution >= 0.6 is 0 Å². The number of methoxy groups -OCH3 is 2. The number of carbonyl (C=O) groups excluding carboxylic acids is 1. The summed E-state index contributed by atoms with van der Waals surface area (Å²) in [6.07, 6.45) is 1.14. The van der Waals surface area contributed by atoms with Crippen LogP contribution in [0.3, 0.4) is 0 Å². The second kappa shape index (κ2) is 5.21. The molecule has 1 aromatic heterocycles. The first-order valence-corrected chi connectivity index (χ1v) is 4.31. The molecule has 0 saturated heterocycles. The predicted octanol–water partition coefficient (Wildman–Crippen LogP) is -0.663. The maximum atomic E-state index is 11.0. The van der Waals surface area contributed by atoms with Gasteiger partial charge in [0.25, 0.3) is 5.82 Å². The van der Waals surface area contributed by atoms with Crippen molar-refractivity contribution < 1.29 is 24.2 Å². The number of hydrogen-bond acceptors (Lipinski definition) is 6. The van der Waals surface area contributed by atoms with E-state index >= 15 is 0 Å². The molecule has 0 aliphatic carbocycles. The molecule has 1 atom stereocenters. The summed E-state index contributed by atoms with van der Waals surface area (Å²) in [4.78, 5) is 25.5. The van der Waals surface area contributed by atoms with Gasteiger partial charge in [0.15, 0.2) is 6.04 Å². The van der Waals surface area contributed by atoms with Crippen LogP contribution in [-0.2, 0) is 14.3 Å². The van der Waals surface area contributed by atoms with Crippen molar-refractivity contribution in [2.24, 2.45) is 0 Å². The first-order chi connectivity index (χ1) is 7.60. The highest BCUT2D eigenvalue weighted by atomic mass is 16.5. The lowest BCUT2D eigenvalue weighted by atomic mass is 10.3. The van der Waals surface area contributed by atoms with Crippen LogP contribution in [0.15, 0.2) is 6.33 Å². The molecule has 1 heterocycles. The van der Waals surface area contributed by atoms with E-state index in [1.165, 1.54) is 14.2 Å². The number of carboxylic acid groups (broad SMARTS) is 1. The second-order valence-corrected chi connectivity index (χ2v) is 2.85. The Balaban J connectivity index is 2.89. The number of nitrogens with zero attached hydrogens (tertiary/aromatic N) is 3. The van der Waals surface area contributed by atoms with Crippen LogP contribution in [0.25, 0.3) is 0 Å². The van der Waals surface area contributed by atoms with Crippen LogP contribution in [0.2, 0.25) is 0 Å². The standard InChI is InChI=1S/C8H11N3O5/c1-15-3-5(7(12)13)11-4-9-6(10-11)8(14)16-2/h4-5H,3H2,1-2H3,(H,12,13).